The number of anilines is 2. The van der Waals surface area contributed by atoms with E-state index < -0.39 is 0 Å². The summed E-state index contributed by atoms with van der Waals surface area (Å²) in [6.45, 7) is 5.14. The van der Waals surface area contributed by atoms with Gasteiger partial charge in [0.05, 0.1) is 5.69 Å². The second-order valence-electron chi connectivity index (χ2n) is 7.38. The maximum Gasteiger partial charge on any atom is 0.265 e. The van der Waals surface area contributed by atoms with Crippen molar-refractivity contribution in [1.29, 1.82) is 0 Å². The number of hydrogen-bond donors (Lipinski definition) is 1. The first kappa shape index (κ1) is 20.7. The first-order chi connectivity index (χ1) is 13.8. The number of para-hydroxylation sites is 1. The van der Waals surface area contributed by atoms with E-state index in [0.29, 0.717) is 23.7 Å². The third kappa shape index (κ3) is 5.06. The molecule has 29 heavy (non-hydrogen) atoms. The van der Waals surface area contributed by atoms with E-state index in [4.69, 9.17) is 9.47 Å². The number of ether oxygens (including phenoxy) is 2. The van der Waals surface area contributed by atoms with Gasteiger partial charge in [0.15, 0.2) is 13.2 Å². The van der Waals surface area contributed by atoms with Crippen LogP contribution in [0, 0.1) is 13.8 Å². The van der Waals surface area contributed by atoms with Crippen LogP contribution in [0.15, 0.2) is 36.4 Å². The van der Waals surface area contributed by atoms with E-state index >= 15 is 0 Å². The van der Waals surface area contributed by atoms with Gasteiger partial charge in [-0.15, -0.1) is 0 Å². The smallest absolute Gasteiger partial charge is 0.265 e. The maximum atomic E-state index is 12.3. The van der Waals surface area contributed by atoms with Crippen molar-refractivity contribution in [3.8, 4) is 11.5 Å². The summed E-state index contributed by atoms with van der Waals surface area (Å²) in [5.41, 5.74) is 3.29. The zero-order valence-corrected chi connectivity index (χ0v) is 17.3. The molecule has 0 unspecified atom stereocenters. The molecule has 1 N–H and O–H groups in total. The quantitative estimate of drug-likeness (QED) is 0.778. The molecule has 0 aliphatic carbocycles. The summed E-state index contributed by atoms with van der Waals surface area (Å²) in [5.74, 6) is 0.977. The molecule has 0 radical (unpaired) electrons. The van der Waals surface area contributed by atoms with Crippen LogP contribution in [0.1, 0.15) is 11.1 Å². The van der Waals surface area contributed by atoms with Crippen LogP contribution in [0.4, 0.5) is 11.4 Å². The molecule has 0 saturated carbocycles. The Hall–Kier alpha value is -3.06. The summed E-state index contributed by atoms with van der Waals surface area (Å²) in [7, 11) is 3.93. The number of nitrogens with zero attached hydrogens (tertiary/aromatic N) is 2. The van der Waals surface area contributed by atoms with Crippen LogP contribution < -0.4 is 19.7 Å². The number of aryl methyl sites for hydroxylation is 2. The number of amides is 2. The van der Waals surface area contributed by atoms with E-state index in [1.165, 1.54) is 0 Å². The molecular formula is C22H27N3O4. The number of carbonyl (C=O) groups is 2. The van der Waals surface area contributed by atoms with Crippen LogP contribution in [-0.2, 0) is 9.59 Å². The first-order valence-corrected chi connectivity index (χ1v) is 9.56. The number of benzene rings is 2. The molecular weight excluding hydrogens is 370 g/mol. The summed E-state index contributed by atoms with van der Waals surface area (Å²) in [4.78, 5) is 28.3. The molecule has 7 heteroatoms. The standard InChI is InChI=1S/C22H27N3O4/c1-15-6-5-7-16(2)22(15)29-13-20(26)23-17-8-9-18-19(12-17)28-14-21(27)25(18)11-10-24(3)4/h5-9,12H,10-11,13-14H2,1-4H3,(H,23,26). The number of nitrogens with one attached hydrogen (secondary N) is 1. The minimum absolute atomic E-state index is 0.00645. The average Bonchev–Trinajstić information content (AvgIpc) is 2.66. The van der Waals surface area contributed by atoms with Gasteiger partial charge < -0.3 is 24.6 Å². The highest BCUT2D eigenvalue weighted by atomic mass is 16.5. The van der Waals surface area contributed by atoms with Gasteiger partial charge >= 0.3 is 0 Å². The Morgan fingerprint density at radius 1 is 1.21 bits per heavy atom. The minimum atomic E-state index is -0.260. The predicted octanol–water partition coefficient (Wildman–Crippen LogP) is 2.61. The van der Waals surface area contributed by atoms with Gasteiger partial charge in [0.2, 0.25) is 0 Å². The maximum absolute atomic E-state index is 12.3. The molecule has 0 atom stereocenters. The highest BCUT2D eigenvalue weighted by molar-refractivity contribution is 5.99. The van der Waals surface area contributed by atoms with Gasteiger partial charge in [-0.3, -0.25) is 9.59 Å². The zero-order chi connectivity index (χ0) is 21.0. The number of hydrogen-bond acceptors (Lipinski definition) is 5. The zero-order valence-electron chi connectivity index (χ0n) is 17.3. The summed E-state index contributed by atoms with van der Waals surface area (Å²) in [5, 5.41) is 2.82. The number of fused-ring (bicyclic) bond motifs is 1. The second-order valence-corrected chi connectivity index (χ2v) is 7.38. The van der Waals surface area contributed by atoms with E-state index in [1.54, 1.807) is 23.1 Å². The molecule has 1 aliphatic heterocycles. The number of likely N-dealkylation sites (N-methyl/N-ethyl adjacent to an activating group) is 1. The van der Waals surface area contributed by atoms with Crippen molar-refractivity contribution in [1.82, 2.24) is 4.90 Å². The van der Waals surface area contributed by atoms with Gasteiger partial charge in [0.1, 0.15) is 11.5 Å². The van der Waals surface area contributed by atoms with Gasteiger partial charge in [-0.1, -0.05) is 18.2 Å². The van der Waals surface area contributed by atoms with Crippen molar-refractivity contribution < 1.29 is 19.1 Å². The molecule has 2 amide bonds. The van der Waals surface area contributed by atoms with Crippen LogP contribution in [0.2, 0.25) is 0 Å². The second kappa shape index (κ2) is 8.96. The predicted molar refractivity (Wildman–Crippen MR) is 113 cm³/mol. The van der Waals surface area contributed by atoms with Crippen LogP contribution >= 0.6 is 0 Å². The third-order valence-electron chi connectivity index (χ3n) is 4.71. The highest BCUT2D eigenvalue weighted by Crippen LogP contribution is 2.34. The fraction of sp³-hybridized carbons (Fsp3) is 0.364. The lowest BCUT2D eigenvalue weighted by Gasteiger charge is -2.30. The summed E-state index contributed by atoms with van der Waals surface area (Å²) in [6.07, 6.45) is 0. The van der Waals surface area contributed by atoms with Crippen LogP contribution in [0.25, 0.3) is 0 Å². The van der Waals surface area contributed by atoms with Gasteiger partial charge in [0.25, 0.3) is 11.8 Å². The number of carbonyl (C=O) groups excluding carboxylic acids is 2. The van der Waals surface area contributed by atoms with Crippen molar-refractivity contribution >= 4 is 23.2 Å². The van der Waals surface area contributed by atoms with Crippen LogP contribution in [0.5, 0.6) is 11.5 Å². The van der Waals surface area contributed by atoms with Gasteiger partial charge in [-0.05, 0) is 51.2 Å². The van der Waals surface area contributed by atoms with E-state index in [-0.39, 0.29) is 25.0 Å². The average molecular weight is 397 g/mol. The highest BCUT2D eigenvalue weighted by Gasteiger charge is 2.25. The molecule has 0 spiro atoms. The molecule has 3 rings (SSSR count). The topological polar surface area (TPSA) is 71.1 Å². The van der Waals surface area contributed by atoms with E-state index in [9.17, 15) is 9.59 Å². The molecule has 1 heterocycles. The minimum Gasteiger partial charge on any atom is -0.483 e. The first-order valence-electron chi connectivity index (χ1n) is 9.56. The van der Waals surface area contributed by atoms with E-state index in [0.717, 1.165) is 23.4 Å². The Balaban J connectivity index is 1.65. The van der Waals surface area contributed by atoms with Gasteiger partial charge in [-0.2, -0.15) is 0 Å². The molecule has 1 aliphatic rings. The fourth-order valence-electron chi connectivity index (χ4n) is 3.19. The van der Waals surface area contributed by atoms with Gasteiger partial charge in [0, 0.05) is 24.8 Å². The number of rotatable bonds is 7. The Morgan fingerprint density at radius 3 is 2.62 bits per heavy atom. The van der Waals surface area contributed by atoms with Crippen LogP contribution in [0.3, 0.4) is 0 Å². The SMILES string of the molecule is Cc1cccc(C)c1OCC(=O)Nc1ccc2c(c1)OCC(=O)N2CCN(C)C. The Kier molecular flexibility index (Phi) is 6.39. The fourth-order valence-corrected chi connectivity index (χ4v) is 3.19. The summed E-state index contributed by atoms with van der Waals surface area (Å²) in [6, 6.07) is 11.2. The Bertz CT molecular complexity index is 891. The molecule has 7 nitrogen and oxygen atoms in total. The molecule has 2 aromatic carbocycles. The molecule has 2 aromatic rings. The molecule has 0 fully saturated rings. The van der Waals surface area contributed by atoms with E-state index in [2.05, 4.69) is 5.32 Å². The molecule has 0 saturated heterocycles. The third-order valence-corrected chi connectivity index (χ3v) is 4.71. The van der Waals surface area contributed by atoms with Gasteiger partial charge in [-0.25, -0.2) is 0 Å². The Labute approximate surface area is 171 Å². The molecule has 0 bridgehead atoms. The normalized spacial score (nSPS) is 13.1. The lowest BCUT2D eigenvalue weighted by molar-refractivity contribution is -0.121. The Morgan fingerprint density at radius 2 is 1.93 bits per heavy atom. The molecule has 0 aromatic heterocycles. The summed E-state index contributed by atoms with van der Waals surface area (Å²) >= 11 is 0. The van der Waals surface area contributed by atoms with Crippen molar-refractivity contribution in [2.24, 2.45) is 0 Å². The lowest BCUT2D eigenvalue weighted by Crippen LogP contribution is -2.42. The van der Waals surface area contributed by atoms with Crippen molar-refractivity contribution in [2.45, 2.75) is 13.8 Å². The monoisotopic (exact) mass is 397 g/mol. The summed E-state index contributed by atoms with van der Waals surface area (Å²) < 4.78 is 11.3. The lowest BCUT2D eigenvalue weighted by atomic mass is 10.1. The van der Waals surface area contributed by atoms with E-state index in [1.807, 2.05) is 51.0 Å². The van der Waals surface area contributed by atoms with Crippen LogP contribution in [-0.4, -0.2) is 57.1 Å². The van der Waals surface area contributed by atoms with Crippen molar-refractivity contribution in [3.05, 3.63) is 47.5 Å². The van der Waals surface area contributed by atoms with Crippen molar-refractivity contribution in [3.63, 3.8) is 0 Å². The molecule has 154 valence electrons. The largest absolute Gasteiger partial charge is 0.483 e. The van der Waals surface area contributed by atoms with Crippen molar-refractivity contribution in [2.75, 3.05) is 50.6 Å².